The fraction of sp³-hybridized carbons (Fsp3) is 0.545. The van der Waals surface area contributed by atoms with Crippen LogP contribution in [0, 0.1) is 0 Å². The van der Waals surface area contributed by atoms with Gasteiger partial charge < -0.3 is 10.5 Å². The third-order valence-electron chi connectivity index (χ3n) is 2.70. The highest BCUT2D eigenvalue weighted by atomic mass is 32.2. The Morgan fingerprint density at radius 2 is 2.50 bits per heavy atom. The van der Waals surface area contributed by atoms with Crippen molar-refractivity contribution in [3.63, 3.8) is 0 Å². The fourth-order valence-electron chi connectivity index (χ4n) is 1.82. The van der Waals surface area contributed by atoms with Gasteiger partial charge in [-0.25, -0.2) is 0 Å². The van der Waals surface area contributed by atoms with Gasteiger partial charge in [-0.05, 0) is 25.3 Å². The highest BCUT2D eigenvalue weighted by Crippen LogP contribution is 2.19. The summed E-state index contributed by atoms with van der Waals surface area (Å²) in [5.41, 5.74) is 6.23. The highest BCUT2D eigenvalue weighted by Gasteiger charge is 2.17. The quantitative estimate of drug-likeness (QED) is 0.862. The first-order valence-electron chi connectivity index (χ1n) is 5.47. The minimum Gasteiger partial charge on any atom is -0.396 e. The van der Waals surface area contributed by atoms with Gasteiger partial charge in [-0.15, -0.1) is 0 Å². The second-order valence-corrected chi connectivity index (χ2v) is 5.43. The van der Waals surface area contributed by atoms with Gasteiger partial charge in [0.1, 0.15) is 0 Å². The molecular formula is C11H16N2O2S. The minimum absolute atomic E-state index is 0.284. The Bertz CT molecular complexity index is 378. The second kappa shape index (κ2) is 5.41. The van der Waals surface area contributed by atoms with E-state index in [0.717, 1.165) is 25.9 Å². The van der Waals surface area contributed by atoms with E-state index in [9.17, 15) is 4.21 Å². The van der Waals surface area contributed by atoms with Gasteiger partial charge in [0.05, 0.1) is 33.7 Å². The molecule has 0 aliphatic carbocycles. The second-order valence-electron chi connectivity index (χ2n) is 3.89. The van der Waals surface area contributed by atoms with Crippen LogP contribution in [0.5, 0.6) is 0 Å². The summed E-state index contributed by atoms with van der Waals surface area (Å²) in [4.78, 5) is 4.57. The summed E-state index contributed by atoms with van der Waals surface area (Å²) >= 11 is 0. The molecule has 2 atom stereocenters. The third-order valence-corrected chi connectivity index (χ3v) is 4.17. The molecule has 4 nitrogen and oxygen atoms in total. The Kier molecular flexibility index (Phi) is 3.90. The maximum absolute atomic E-state index is 12.0. The van der Waals surface area contributed by atoms with Crippen LogP contribution in [0.25, 0.3) is 0 Å². The van der Waals surface area contributed by atoms with E-state index >= 15 is 0 Å². The summed E-state index contributed by atoms with van der Waals surface area (Å²) in [6, 6.07) is 1.72. The van der Waals surface area contributed by atoms with Crippen LogP contribution >= 0.6 is 0 Å². The van der Waals surface area contributed by atoms with Crippen molar-refractivity contribution in [2.45, 2.75) is 30.3 Å². The van der Waals surface area contributed by atoms with Crippen molar-refractivity contribution in [1.82, 2.24) is 4.98 Å². The highest BCUT2D eigenvalue weighted by molar-refractivity contribution is 7.85. The zero-order valence-corrected chi connectivity index (χ0v) is 9.91. The average Bonchev–Trinajstić information content (AvgIpc) is 2.79. The Morgan fingerprint density at radius 1 is 1.62 bits per heavy atom. The van der Waals surface area contributed by atoms with Crippen molar-refractivity contribution in [2.75, 3.05) is 18.1 Å². The molecule has 2 N–H and O–H groups in total. The molecule has 0 aromatic carbocycles. The lowest BCUT2D eigenvalue weighted by atomic mass is 10.2. The van der Waals surface area contributed by atoms with E-state index in [1.165, 1.54) is 0 Å². The van der Waals surface area contributed by atoms with Gasteiger partial charge in [0, 0.05) is 18.6 Å². The molecule has 0 radical (unpaired) electrons. The van der Waals surface area contributed by atoms with Gasteiger partial charge >= 0.3 is 0 Å². The largest absolute Gasteiger partial charge is 0.396 e. The van der Waals surface area contributed by atoms with E-state index in [2.05, 4.69) is 4.98 Å². The Morgan fingerprint density at radius 3 is 3.19 bits per heavy atom. The molecule has 5 heteroatoms. The number of hydrogen-bond donors (Lipinski definition) is 1. The Hall–Kier alpha value is -0.940. The molecule has 0 spiro atoms. The number of hydrogen-bond acceptors (Lipinski definition) is 4. The first-order chi connectivity index (χ1) is 7.77. The number of aromatic nitrogens is 1. The predicted octanol–water partition coefficient (Wildman–Crippen LogP) is 1.34. The van der Waals surface area contributed by atoms with Crippen LogP contribution in [-0.2, 0) is 15.5 Å². The number of ether oxygens (including phenoxy) is 1. The van der Waals surface area contributed by atoms with Gasteiger partial charge in [-0.1, -0.05) is 0 Å². The predicted molar refractivity (Wildman–Crippen MR) is 63.5 cm³/mol. The third kappa shape index (κ3) is 2.80. The monoisotopic (exact) mass is 240 g/mol. The summed E-state index contributed by atoms with van der Waals surface area (Å²) in [7, 11) is -1.04. The van der Waals surface area contributed by atoms with E-state index in [1.807, 2.05) is 0 Å². The summed E-state index contributed by atoms with van der Waals surface area (Å²) in [6.45, 7) is 0.842. The van der Waals surface area contributed by atoms with Crippen LogP contribution in [0.2, 0.25) is 0 Å². The van der Waals surface area contributed by atoms with Crippen LogP contribution in [0.4, 0.5) is 5.69 Å². The standard InChI is InChI=1S/C11H16N2O2S/c12-10-8-13-5-3-11(10)16(14)7-4-9-2-1-6-15-9/h3,5,8-9H,1-2,4,6-7,12H2. The number of anilines is 1. The number of pyridine rings is 1. The molecule has 88 valence electrons. The summed E-state index contributed by atoms with van der Waals surface area (Å²) in [5.74, 6) is 0.610. The normalized spacial score (nSPS) is 22.1. The Labute approximate surface area is 97.7 Å². The molecule has 0 saturated carbocycles. The zero-order valence-electron chi connectivity index (χ0n) is 9.09. The first-order valence-corrected chi connectivity index (χ1v) is 6.79. The van der Waals surface area contributed by atoms with Gasteiger partial charge in [-0.2, -0.15) is 0 Å². The lowest BCUT2D eigenvalue weighted by molar-refractivity contribution is 0.109. The van der Waals surface area contributed by atoms with Crippen LogP contribution in [0.15, 0.2) is 23.4 Å². The van der Waals surface area contributed by atoms with E-state index in [0.29, 0.717) is 16.3 Å². The number of nitrogens with zero attached hydrogens (tertiary/aromatic N) is 1. The Balaban J connectivity index is 1.90. The fourth-order valence-corrected chi connectivity index (χ4v) is 3.05. The van der Waals surface area contributed by atoms with Crippen LogP contribution in [0.1, 0.15) is 19.3 Å². The number of nitrogens with two attached hydrogens (primary N) is 1. The lowest BCUT2D eigenvalue weighted by Crippen LogP contribution is -2.11. The molecule has 1 saturated heterocycles. The van der Waals surface area contributed by atoms with E-state index in [-0.39, 0.29) is 6.10 Å². The summed E-state index contributed by atoms with van der Waals surface area (Å²) < 4.78 is 17.5. The van der Waals surface area contributed by atoms with E-state index < -0.39 is 10.8 Å². The van der Waals surface area contributed by atoms with Crippen LogP contribution < -0.4 is 5.73 Å². The molecule has 1 aliphatic rings. The van der Waals surface area contributed by atoms with Crippen molar-refractivity contribution in [2.24, 2.45) is 0 Å². The molecule has 2 rings (SSSR count). The maximum Gasteiger partial charge on any atom is 0.0664 e. The first kappa shape index (κ1) is 11.5. The zero-order chi connectivity index (χ0) is 11.4. The molecule has 16 heavy (non-hydrogen) atoms. The van der Waals surface area contributed by atoms with E-state index in [4.69, 9.17) is 10.5 Å². The smallest absolute Gasteiger partial charge is 0.0664 e. The lowest BCUT2D eigenvalue weighted by Gasteiger charge is -2.09. The molecule has 1 aliphatic heterocycles. The van der Waals surface area contributed by atoms with Crippen LogP contribution in [0.3, 0.4) is 0 Å². The number of nitrogen functional groups attached to an aromatic ring is 1. The van der Waals surface area contributed by atoms with Crippen molar-refractivity contribution in [3.8, 4) is 0 Å². The van der Waals surface area contributed by atoms with Gasteiger partial charge in [0.15, 0.2) is 0 Å². The molecule has 2 heterocycles. The molecule has 1 aromatic rings. The molecule has 1 aromatic heterocycles. The van der Waals surface area contributed by atoms with Gasteiger partial charge in [0.2, 0.25) is 0 Å². The van der Waals surface area contributed by atoms with Crippen molar-refractivity contribution in [1.29, 1.82) is 0 Å². The summed E-state index contributed by atoms with van der Waals surface area (Å²) in [5, 5.41) is 0. The molecule has 0 amide bonds. The van der Waals surface area contributed by atoms with Crippen LogP contribution in [-0.4, -0.2) is 27.7 Å². The average molecular weight is 240 g/mol. The van der Waals surface area contributed by atoms with Crippen molar-refractivity contribution < 1.29 is 8.95 Å². The van der Waals surface area contributed by atoms with E-state index in [1.54, 1.807) is 18.5 Å². The van der Waals surface area contributed by atoms with Crippen molar-refractivity contribution >= 4 is 16.5 Å². The SMILES string of the molecule is Nc1cnccc1S(=O)CCC1CCCO1. The molecule has 0 bridgehead atoms. The molecular weight excluding hydrogens is 224 g/mol. The minimum atomic E-state index is -1.04. The summed E-state index contributed by atoms with van der Waals surface area (Å²) in [6.07, 6.45) is 6.49. The van der Waals surface area contributed by atoms with Gasteiger partial charge in [0.25, 0.3) is 0 Å². The van der Waals surface area contributed by atoms with Crippen molar-refractivity contribution in [3.05, 3.63) is 18.5 Å². The topological polar surface area (TPSA) is 65.2 Å². The molecule has 2 unspecified atom stereocenters. The van der Waals surface area contributed by atoms with Gasteiger partial charge in [-0.3, -0.25) is 9.19 Å². The number of rotatable bonds is 4. The maximum atomic E-state index is 12.0. The molecule has 1 fully saturated rings.